The van der Waals surface area contributed by atoms with E-state index in [0.29, 0.717) is 11.1 Å². The molecule has 2 rings (SSSR count). The third kappa shape index (κ3) is 2.03. The summed E-state index contributed by atoms with van der Waals surface area (Å²) in [5.74, 6) is 1.02. The molecule has 19 heavy (non-hydrogen) atoms. The summed E-state index contributed by atoms with van der Waals surface area (Å²) in [7, 11) is 1.67. The number of fused-ring (bicyclic) bond motifs is 1. The van der Waals surface area contributed by atoms with Gasteiger partial charge in [0.05, 0.1) is 7.11 Å². The highest BCUT2D eigenvalue weighted by molar-refractivity contribution is 5.87. The first-order valence-electron chi connectivity index (χ1n) is 6.50. The number of hydrogen-bond donors (Lipinski definition) is 0. The van der Waals surface area contributed by atoms with E-state index in [1.54, 1.807) is 7.11 Å². The Hall–Kier alpha value is -1.77. The molecule has 0 unspecified atom stereocenters. The Morgan fingerprint density at radius 3 is 2.26 bits per heavy atom. The van der Waals surface area contributed by atoms with Crippen molar-refractivity contribution in [3.8, 4) is 5.75 Å². The molecule has 0 aliphatic carbocycles. The van der Waals surface area contributed by atoms with Gasteiger partial charge in [-0.3, -0.25) is 0 Å². The summed E-state index contributed by atoms with van der Waals surface area (Å²) in [4.78, 5) is 12.0. The van der Waals surface area contributed by atoms with Crippen LogP contribution in [0.25, 0.3) is 11.0 Å². The number of ether oxygens (including phenoxy) is 1. The van der Waals surface area contributed by atoms with Crippen LogP contribution in [0.15, 0.2) is 15.3 Å². The normalized spacial score (nSPS) is 11.3. The van der Waals surface area contributed by atoms with Crippen LogP contribution in [-0.2, 0) is 0 Å². The van der Waals surface area contributed by atoms with E-state index in [1.165, 1.54) is 0 Å². The quantitative estimate of drug-likeness (QED) is 0.770. The third-order valence-electron chi connectivity index (χ3n) is 3.79. The standard InChI is InChI=1S/C16H20O3/c1-8(2)12-7-13-11(5)14(18-6)9(3)10(4)15(13)19-16(12)17/h7-8H,1-6H3. The van der Waals surface area contributed by atoms with Crippen LogP contribution in [0.2, 0.25) is 0 Å². The Morgan fingerprint density at radius 2 is 1.74 bits per heavy atom. The number of hydrogen-bond acceptors (Lipinski definition) is 3. The lowest BCUT2D eigenvalue weighted by Crippen LogP contribution is -2.10. The van der Waals surface area contributed by atoms with Crippen molar-refractivity contribution in [2.75, 3.05) is 7.11 Å². The van der Waals surface area contributed by atoms with Gasteiger partial charge in [0, 0.05) is 16.5 Å². The molecule has 0 saturated carbocycles. The van der Waals surface area contributed by atoms with Gasteiger partial charge in [0.15, 0.2) is 0 Å². The second kappa shape index (κ2) is 4.72. The highest BCUT2D eigenvalue weighted by atomic mass is 16.5. The van der Waals surface area contributed by atoms with Gasteiger partial charge in [0.2, 0.25) is 0 Å². The average molecular weight is 260 g/mol. The van der Waals surface area contributed by atoms with Crippen LogP contribution in [0.3, 0.4) is 0 Å². The van der Waals surface area contributed by atoms with E-state index in [2.05, 4.69) is 0 Å². The van der Waals surface area contributed by atoms with Gasteiger partial charge in [-0.25, -0.2) is 4.79 Å². The van der Waals surface area contributed by atoms with Crippen LogP contribution >= 0.6 is 0 Å². The summed E-state index contributed by atoms with van der Waals surface area (Å²) in [6.07, 6.45) is 0. The van der Waals surface area contributed by atoms with Crippen molar-refractivity contribution >= 4 is 11.0 Å². The first kappa shape index (κ1) is 13.7. The molecule has 0 N–H and O–H groups in total. The molecule has 1 heterocycles. The fourth-order valence-corrected chi connectivity index (χ4v) is 2.50. The van der Waals surface area contributed by atoms with Crippen molar-refractivity contribution in [2.24, 2.45) is 0 Å². The monoisotopic (exact) mass is 260 g/mol. The Kier molecular flexibility index (Phi) is 3.40. The van der Waals surface area contributed by atoms with Crippen molar-refractivity contribution in [2.45, 2.75) is 40.5 Å². The van der Waals surface area contributed by atoms with E-state index in [4.69, 9.17) is 9.15 Å². The van der Waals surface area contributed by atoms with E-state index >= 15 is 0 Å². The van der Waals surface area contributed by atoms with E-state index < -0.39 is 0 Å². The van der Waals surface area contributed by atoms with Gasteiger partial charge >= 0.3 is 5.63 Å². The zero-order valence-electron chi connectivity index (χ0n) is 12.4. The molecule has 102 valence electrons. The minimum absolute atomic E-state index is 0.146. The maximum atomic E-state index is 12.0. The first-order chi connectivity index (χ1) is 8.88. The molecule has 2 aromatic rings. The lowest BCUT2D eigenvalue weighted by atomic mass is 9.96. The summed E-state index contributed by atoms with van der Waals surface area (Å²) in [6.45, 7) is 9.92. The Balaban J connectivity index is 2.97. The van der Waals surface area contributed by atoms with Crippen molar-refractivity contribution < 1.29 is 9.15 Å². The fourth-order valence-electron chi connectivity index (χ4n) is 2.50. The molecule has 0 aliphatic rings. The predicted molar refractivity (Wildman–Crippen MR) is 77.3 cm³/mol. The summed E-state index contributed by atoms with van der Waals surface area (Å²) in [6, 6.07) is 1.94. The topological polar surface area (TPSA) is 39.4 Å². The summed E-state index contributed by atoms with van der Waals surface area (Å²) < 4.78 is 11.0. The van der Waals surface area contributed by atoms with Crippen LogP contribution in [0, 0.1) is 20.8 Å². The predicted octanol–water partition coefficient (Wildman–Crippen LogP) is 3.85. The van der Waals surface area contributed by atoms with Crippen LogP contribution in [-0.4, -0.2) is 7.11 Å². The zero-order valence-corrected chi connectivity index (χ0v) is 12.4. The lowest BCUT2D eigenvalue weighted by Gasteiger charge is -2.15. The van der Waals surface area contributed by atoms with E-state index in [-0.39, 0.29) is 11.5 Å². The molecule has 0 spiro atoms. The largest absolute Gasteiger partial charge is 0.496 e. The molecule has 0 amide bonds. The van der Waals surface area contributed by atoms with Gasteiger partial charge in [0.1, 0.15) is 11.3 Å². The first-order valence-corrected chi connectivity index (χ1v) is 6.50. The molecular formula is C16H20O3. The SMILES string of the molecule is COc1c(C)c(C)c2oc(=O)c(C(C)C)cc2c1C. The van der Waals surface area contributed by atoms with Crippen molar-refractivity contribution in [3.05, 3.63) is 38.7 Å². The zero-order chi connectivity index (χ0) is 14.3. The van der Waals surface area contributed by atoms with E-state index in [9.17, 15) is 4.79 Å². The lowest BCUT2D eigenvalue weighted by molar-refractivity contribution is 0.408. The minimum atomic E-state index is -0.241. The molecule has 3 heteroatoms. The van der Waals surface area contributed by atoms with Crippen LogP contribution in [0.4, 0.5) is 0 Å². The molecule has 1 aromatic carbocycles. The molecule has 0 fully saturated rings. The maximum Gasteiger partial charge on any atom is 0.339 e. The van der Waals surface area contributed by atoms with Crippen molar-refractivity contribution in [1.29, 1.82) is 0 Å². The Labute approximate surface area is 113 Å². The van der Waals surface area contributed by atoms with Gasteiger partial charge in [-0.2, -0.15) is 0 Å². The van der Waals surface area contributed by atoms with Crippen LogP contribution < -0.4 is 10.4 Å². The molecule has 1 aromatic heterocycles. The van der Waals surface area contributed by atoms with Gasteiger partial charge in [0.25, 0.3) is 0 Å². The smallest absolute Gasteiger partial charge is 0.339 e. The molecule has 0 saturated heterocycles. The molecule has 0 bridgehead atoms. The highest BCUT2D eigenvalue weighted by Crippen LogP contribution is 2.34. The number of methoxy groups -OCH3 is 1. The van der Waals surface area contributed by atoms with Crippen LogP contribution in [0.1, 0.15) is 42.0 Å². The molecule has 0 atom stereocenters. The van der Waals surface area contributed by atoms with E-state index in [0.717, 1.165) is 27.8 Å². The Bertz CT molecular complexity index is 693. The van der Waals surface area contributed by atoms with Crippen molar-refractivity contribution in [1.82, 2.24) is 0 Å². The number of rotatable bonds is 2. The van der Waals surface area contributed by atoms with Gasteiger partial charge < -0.3 is 9.15 Å². The summed E-state index contributed by atoms with van der Waals surface area (Å²) >= 11 is 0. The third-order valence-corrected chi connectivity index (χ3v) is 3.79. The highest BCUT2D eigenvalue weighted by Gasteiger charge is 2.17. The Morgan fingerprint density at radius 1 is 1.11 bits per heavy atom. The fraction of sp³-hybridized carbons (Fsp3) is 0.438. The van der Waals surface area contributed by atoms with Gasteiger partial charge in [-0.1, -0.05) is 13.8 Å². The maximum absolute atomic E-state index is 12.0. The number of benzene rings is 1. The van der Waals surface area contributed by atoms with Crippen molar-refractivity contribution in [3.63, 3.8) is 0 Å². The van der Waals surface area contributed by atoms with E-state index in [1.807, 2.05) is 40.7 Å². The van der Waals surface area contributed by atoms with Gasteiger partial charge in [-0.15, -0.1) is 0 Å². The minimum Gasteiger partial charge on any atom is -0.496 e. The second-order valence-corrected chi connectivity index (χ2v) is 5.29. The summed E-state index contributed by atoms with van der Waals surface area (Å²) in [5, 5.41) is 0.961. The van der Waals surface area contributed by atoms with Crippen LogP contribution in [0.5, 0.6) is 5.75 Å². The summed E-state index contributed by atoms with van der Waals surface area (Å²) in [5.41, 5.74) is 4.14. The average Bonchev–Trinajstić information content (AvgIpc) is 2.36. The van der Waals surface area contributed by atoms with Gasteiger partial charge in [-0.05, 0) is 43.9 Å². The molecule has 0 aliphatic heterocycles. The molecule has 3 nitrogen and oxygen atoms in total. The second-order valence-electron chi connectivity index (χ2n) is 5.29. The molecular weight excluding hydrogens is 240 g/mol. The number of aryl methyl sites for hydroxylation is 2. The molecule has 0 radical (unpaired) electrons.